The molecular formula is C40H32N8O17S4. The van der Waals surface area contributed by atoms with Gasteiger partial charge in [0.25, 0.3) is 16.0 Å². The van der Waals surface area contributed by atoms with Crippen molar-refractivity contribution in [2.75, 3.05) is 31.4 Å². The topological polar surface area (TPSA) is 390 Å². The Hall–Kier alpha value is -7.19. The smallest absolute Gasteiger partial charge is 0.355 e. The van der Waals surface area contributed by atoms with E-state index in [4.69, 9.17) is 9.47 Å². The zero-order valence-corrected chi connectivity index (χ0v) is 37.8. The number of carbonyl (C=O) groups is 2. The molecule has 25 nitrogen and oxygen atoms in total. The third kappa shape index (κ3) is 10.8. The van der Waals surface area contributed by atoms with Gasteiger partial charge in [0.05, 0.1) is 34.4 Å². The van der Waals surface area contributed by atoms with Crippen molar-refractivity contribution in [1.82, 2.24) is 0 Å². The zero-order valence-electron chi connectivity index (χ0n) is 34.5. The number of phenolic OH excluding ortho intramolecular Hbond substituents is 1. The number of benzene rings is 6. The van der Waals surface area contributed by atoms with Crippen LogP contribution in [-0.2, 0) is 52.9 Å². The molecule has 7 rings (SSSR count). The second kappa shape index (κ2) is 21.0. The third-order valence-electron chi connectivity index (χ3n) is 9.59. The average Bonchev–Trinajstić information content (AvgIpc) is 3.65. The monoisotopic (exact) mass is 1020 g/mol. The molecule has 1 aliphatic rings. The number of hydrogen-bond donors (Lipinski definition) is 8. The predicted octanol–water partition coefficient (Wildman–Crippen LogP) is 6.20. The summed E-state index contributed by atoms with van der Waals surface area (Å²) in [5, 5.41) is 69.1. The molecule has 6 aromatic rings. The van der Waals surface area contributed by atoms with E-state index in [2.05, 4.69) is 35.8 Å². The summed E-state index contributed by atoms with van der Waals surface area (Å²) in [6.07, 6.45) is 0. The van der Waals surface area contributed by atoms with Gasteiger partial charge in [0.15, 0.2) is 44.7 Å². The van der Waals surface area contributed by atoms with Gasteiger partial charge in [0.2, 0.25) is 6.04 Å². The van der Waals surface area contributed by atoms with Crippen molar-refractivity contribution in [3.05, 3.63) is 91.0 Å². The van der Waals surface area contributed by atoms with Gasteiger partial charge in [-0.05, 0) is 66.0 Å². The Labute approximate surface area is 394 Å². The molecule has 4 unspecified atom stereocenters. The minimum Gasteiger partial charge on any atom is -0.505 e. The highest BCUT2D eigenvalue weighted by atomic mass is 32.2. The summed E-state index contributed by atoms with van der Waals surface area (Å²) in [7, 11) is -5.21. The molecule has 0 spiro atoms. The molecule has 0 aliphatic carbocycles. The summed E-state index contributed by atoms with van der Waals surface area (Å²) in [6, 6.07) is 17.0. The van der Waals surface area contributed by atoms with Gasteiger partial charge in [-0.3, -0.25) is 9.35 Å². The van der Waals surface area contributed by atoms with Gasteiger partial charge in [-0.1, -0.05) is 18.2 Å². The highest BCUT2D eigenvalue weighted by Crippen LogP contribution is 2.46. The van der Waals surface area contributed by atoms with Crippen LogP contribution in [0.1, 0.15) is 0 Å². The Morgan fingerprint density at radius 3 is 1.93 bits per heavy atom. The molecule has 1 heterocycles. The van der Waals surface area contributed by atoms with E-state index in [1.54, 1.807) is 0 Å². The molecule has 6 aromatic carbocycles. The first-order chi connectivity index (χ1) is 32.9. The second-order valence-electron chi connectivity index (χ2n) is 13.8. The molecule has 0 radical (unpaired) electrons. The number of anilines is 1. The van der Waals surface area contributed by atoms with Gasteiger partial charge in [0.1, 0.15) is 57.3 Å². The first-order valence-corrected chi connectivity index (χ1v) is 24.0. The van der Waals surface area contributed by atoms with E-state index in [9.17, 15) is 69.3 Å². The zero-order chi connectivity index (χ0) is 49.7. The number of fused-ring (bicyclic) bond motifs is 2. The number of carboxylic acids is 1. The fourth-order valence-corrected chi connectivity index (χ4v) is 8.81. The molecule has 4 atom stereocenters. The Kier molecular flexibility index (Phi) is 15.1. The molecule has 0 bridgehead atoms. The van der Waals surface area contributed by atoms with Crippen molar-refractivity contribution in [3.8, 4) is 17.2 Å². The normalized spacial score (nSPS) is 15.7. The van der Waals surface area contributed by atoms with E-state index in [0.717, 1.165) is 17.1 Å². The van der Waals surface area contributed by atoms with Gasteiger partial charge in [0, 0.05) is 28.3 Å². The lowest BCUT2D eigenvalue weighted by Crippen LogP contribution is -2.33. The summed E-state index contributed by atoms with van der Waals surface area (Å²) < 4.78 is 112. The van der Waals surface area contributed by atoms with Gasteiger partial charge in [-0.2, -0.15) is 28.8 Å². The number of aromatic hydroxyl groups is 1. The van der Waals surface area contributed by atoms with E-state index in [-0.39, 0.29) is 89.4 Å². The summed E-state index contributed by atoms with van der Waals surface area (Å²) in [6.45, 7) is -1.69. The van der Waals surface area contributed by atoms with Crippen LogP contribution in [0.5, 0.6) is 17.2 Å². The number of phenols is 1. The molecule has 8 N–H and O–H groups in total. The number of carboxylic acid groups (broad SMARTS) is 1. The highest BCUT2D eigenvalue weighted by Gasteiger charge is 2.41. The molecule has 69 heavy (non-hydrogen) atoms. The van der Waals surface area contributed by atoms with Crippen molar-refractivity contribution in [1.29, 1.82) is 0 Å². The van der Waals surface area contributed by atoms with Crippen molar-refractivity contribution in [3.63, 3.8) is 0 Å². The Morgan fingerprint density at radius 1 is 0.725 bits per heavy atom. The van der Waals surface area contributed by atoms with Crippen LogP contribution in [0.3, 0.4) is 0 Å². The standard InChI is InChI=1S/C40H32N8O17S4/c49-12-14-64-30-19-29(31(65-15-13-50)18-28(30)43-42-27-11-10-25-26(38(27)68(59)60)2-1-3-32(25)67(57)58)44-45-34-33(69(61,62)63)17-20-16-21(4-9-24(20)37(34)51)41-46-35-36(40(53)54)47-48(39(35)52)22-5-7-23(8-6-22)66(55)56/h1-11,16-19,35,49-51H,12-15H2,(H,53,54)(H,55,56)(H,57,58)(H,59,60)(H,61,62,63)/b43-42+,45-44+,46-41+. The van der Waals surface area contributed by atoms with E-state index in [0.29, 0.717) is 0 Å². The minimum atomic E-state index is -5.21. The fourth-order valence-electron chi connectivity index (χ4n) is 6.57. The Balaban J connectivity index is 1.24. The Bertz CT molecular complexity index is 3370. The van der Waals surface area contributed by atoms with E-state index >= 15 is 0 Å². The largest absolute Gasteiger partial charge is 0.505 e. The average molecular weight is 1030 g/mol. The van der Waals surface area contributed by atoms with E-state index in [1.165, 1.54) is 78.9 Å². The number of ether oxygens (including phenoxy) is 2. The molecular weight excluding hydrogens is 993 g/mol. The van der Waals surface area contributed by atoms with Gasteiger partial charge < -0.3 is 43.6 Å². The predicted molar refractivity (Wildman–Crippen MR) is 244 cm³/mol. The molecule has 0 saturated carbocycles. The maximum Gasteiger partial charge on any atom is 0.355 e. The maximum atomic E-state index is 13.3. The fraction of sp³-hybridized carbons (Fsp3) is 0.125. The first kappa shape index (κ1) is 49.7. The number of hydrazone groups is 1. The summed E-state index contributed by atoms with van der Waals surface area (Å²) in [4.78, 5) is 24.1. The van der Waals surface area contributed by atoms with Crippen LogP contribution in [0.15, 0.2) is 146 Å². The van der Waals surface area contributed by atoms with Crippen LogP contribution in [-0.4, -0.2) is 110 Å². The number of aliphatic hydroxyl groups is 2. The number of carbonyl (C=O) groups excluding carboxylic acids is 1. The highest BCUT2D eigenvalue weighted by molar-refractivity contribution is 7.86. The van der Waals surface area contributed by atoms with Crippen LogP contribution in [0.2, 0.25) is 0 Å². The summed E-state index contributed by atoms with van der Waals surface area (Å²) in [5.41, 5.74) is -2.05. The lowest BCUT2D eigenvalue weighted by Gasteiger charge is -2.13. The van der Waals surface area contributed by atoms with Crippen LogP contribution < -0.4 is 14.5 Å². The molecule has 1 amide bonds. The van der Waals surface area contributed by atoms with E-state index in [1.807, 2.05) is 0 Å². The lowest BCUT2D eigenvalue weighted by atomic mass is 10.1. The molecule has 358 valence electrons. The molecule has 1 aliphatic heterocycles. The van der Waals surface area contributed by atoms with Gasteiger partial charge in [-0.25, -0.2) is 17.4 Å². The number of hydrogen-bond acceptors (Lipinski definition) is 19. The van der Waals surface area contributed by atoms with Gasteiger partial charge in [-0.15, -0.1) is 20.5 Å². The molecule has 29 heteroatoms. The summed E-state index contributed by atoms with van der Waals surface area (Å²) >= 11 is -7.45. The minimum absolute atomic E-state index is 0.00455. The maximum absolute atomic E-state index is 13.3. The number of rotatable bonds is 18. The third-order valence-corrected chi connectivity index (χ3v) is 12.6. The molecule has 0 aromatic heterocycles. The van der Waals surface area contributed by atoms with Crippen molar-refractivity contribution in [2.45, 2.75) is 25.6 Å². The van der Waals surface area contributed by atoms with E-state index < -0.39 is 96.5 Å². The Morgan fingerprint density at radius 2 is 1.35 bits per heavy atom. The van der Waals surface area contributed by atoms with Crippen LogP contribution in [0, 0.1) is 0 Å². The number of amides is 1. The first-order valence-electron chi connectivity index (χ1n) is 19.2. The van der Waals surface area contributed by atoms with Crippen LogP contribution >= 0.6 is 0 Å². The quantitative estimate of drug-likeness (QED) is 0.0270. The summed E-state index contributed by atoms with van der Waals surface area (Å²) in [5.74, 6) is -3.73. The van der Waals surface area contributed by atoms with Gasteiger partial charge >= 0.3 is 5.97 Å². The van der Waals surface area contributed by atoms with Crippen molar-refractivity contribution in [2.24, 2.45) is 35.8 Å². The number of azo groups is 3. The van der Waals surface area contributed by atoms with Crippen molar-refractivity contribution >= 4 is 117 Å². The number of aliphatic hydroxyl groups excluding tert-OH is 2. The van der Waals surface area contributed by atoms with Crippen molar-refractivity contribution < 1.29 is 78.7 Å². The molecule has 0 fully saturated rings. The van der Waals surface area contributed by atoms with Crippen LogP contribution in [0.25, 0.3) is 21.5 Å². The van der Waals surface area contributed by atoms with Crippen LogP contribution in [0.4, 0.5) is 34.1 Å². The number of aliphatic carboxylic acids is 1. The number of nitrogens with zero attached hydrogens (tertiary/aromatic N) is 8. The SMILES string of the molecule is O=C(O)C1=NN(c2ccc(S(=O)O)cc2)C(=O)C1/N=N/c1ccc2c(O)c(/N=N/c3cc(OCCO)c(/N=N/c4ccc5c(S(=O)O)cccc5c4S(=O)O)cc3OCCO)c(S(=O)(=O)O)cc2c1. The lowest BCUT2D eigenvalue weighted by molar-refractivity contribution is -0.130. The molecule has 0 saturated heterocycles. The second-order valence-corrected chi connectivity index (χ2v) is 18.1.